The standard InChI is InChI=1S/C19H28N2O4S/c1-17(2)16-25-14-8-19(22)20-10-12-21(13-11-20)26(23,24)15-9-18-6-4-3-5-7-18/h3-7,9,15,17H,8,10-14,16H2,1-2H3/b15-9+. The predicted molar refractivity (Wildman–Crippen MR) is 103 cm³/mol. The summed E-state index contributed by atoms with van der Waals surface area (Å²) in [7, 11) is -3.47. The maximum atomic E-state index is 12.4. The number of sulfonamides is 1. The first-order chi connectivity index (χ1) is 12.4. The minimum absolute atomic E-state index is 0.0191. The van der Waals surface area contributed by atoms with Gasteiger partial charge >= 0.3 is 0 Å². The Morgan fingerprint density at radius 2 is 1.81 bits per heavy atom. The van der Waals surface area contributed by atoms with Crippen LogP contribution in [0.4, 0.5) is 0 Å². The Morgan fingerprint density at radius 1 is 1.15 bits per heavy atom. The van der Waals surface area contributed by atoms with Crippen molar-refractivity contribution in [2.75, 3.05) is 39.4 Å². The highest BCUT2D eigenvalue weighted by atomic mass is 32.2. The van der Waals surface area contributed by atoms with Gasteiger partial charge in [0.25, 0.3) is 0 Å². The van der Waals surface area contributed by atoms with E-state index in [0.29, 0.717) is 51.7 Å². The fraction of sp³-hybridized carbons (Fsp3) is 0.526. The third kappa shape index (κ3) is 6.55. The monoisotopic (exact) mass is 380 g/mol. The van der Waals surface area contributed by atoms with E-state index in [1.807, 2.05) is 30.3 Å². The van der Waals surface area contributed by atoms with Gasteiger partial charge in [0.1, 0.15) is 0 Å². The van der Waals surface area contributed by atoms with Crippen molar-refractivity contribution in [2.45, 2.75) is 20.3 Å². The number of rotatable bonds is 8. The van der Waals surface area contributed by atoms with Gasteiger partial charge in [0.05, 0.1) is 13.0 Å². The molecule has 0 bridgehead atoms. The van der Waals surface area contributed by atoms with Crippen LogP contribution in [0.1, 0.15) is 25.8 Å². The van der Waals surface area contributed by atoms with Crippen molar-refractivity contribution >= 4 is 22.0 Å². The van der Waals surface area contributed by atoms with Crippen molar-refractivity contribution in [1.29, 1.82) is 0 Å². The molecule has 1 heterocycles. The molecule has 0 unspecified atom stereocenters. The number of hydrogen-bond donors (Lipinski definition) is 0. The number of nitrogens with zero attached hydrogens (tertiary/aromatic N) is 2. The van der Waals surface area contributed by atoms with Gasteiger partial charge in [0, 0.05) is 38.2 Å². The highest BCUT2D eigenvalue weighted by molar-refractivity contribution is 7.92. The first-order valence-electron chi connectivity index (χ1n) is 8.97. The third-order valence-corrected chi connectivity index (χ3v) is 5.66. The zero-order valence-corrected chi connectivity index (χ0v) is 16.3. The molecule has 0 atom stereocenters. The minimum Gasteiger partial charge on any atom is -0.381 e. The molecule has 1 aliphatic rings. The summed E-state index contributed by atoms with van der Waals surface area (Å²) in [6.45, 7) is 6.66. The van der Waals surface area contributed by atoms with Crippen LogP contribution in [0.15, 0.2) is 35.7 Å². The molecule has 0 N–H and O–H groups in total. The number of ether oxygens (including phenoxy) is 1. The maximum absolute atomic E-state index is 12.4. The Morgan fingerprint density at radius 3 is 2.42 bits per heavy atom. The van der Waals surface area contributed by atoms with Gasteiger partial charge in [-0.1, -0.05) is 44.2 Å². The maximum Gasteiger partial charge on any atom is 0.236 e. The number of carbonyl (C=O) groups is 1. The second-order valence-corrected chi connectivity index (χ2v) is 8.58. The van der Waals surface area contributed by atoms with Crippen molar-refractivity contribution in [3.05, 3.63) is 41.3 Å². The Bertz CT molecular complexity index is 694. The lowest BCUT2D eigenvalue weighted by Gasteiger charge is -2.33. The van der Waals surface area contributed by atoms with Gasteiger partial charge in [0.2, 0.25) is 15.9 Å². The van der Waals surface area contributed by atoms with E-state index < -0.39 is 10.0 Å². The van der Waals surface area contributed by atoms with Crippen LogP contribution >= 0.6 is 0 Å². The number of amides is 1. The second kappa shape index (κ2) is 9.85. The zero-order chi connectivity index (χ0) is 19.0. The topological polar surface area (TPSA) is 66.9 Å². The van der Waals surface area contributed by atoms with Crippen LogP contribution in [0.3, 0.4) is 0 Å². The van der Waals surface area contributed by atoms with Crippen molar-refractivity contribution in [1.82, 2.24) is 9.21 Å². The van der Waals surface area contributed by atoms with Crippen LogP contribution in [0.5, 0.6) is 0 Å². The average molecular weight is 381 g/mol. The molecule has 2 rings (SSSR count). The molecule has 1 aromatic rings. The lowest BCUT2D eigenvalue weighted by atomic mass is 10.2. The van der Waals surface area contributed by atoms with Crippen molar-refractivity contribution < 1.29 is 17.9 Å². The number of benzene rings is 1. The number of hydrogen-bond acceptors (Lipinski definition) is 4. The van der Waals surface area contributed by atoms with E-state index in [2.05, 4.69) is 13.8 Å². The van der Waals surface area contributed by atoms with E-state index >= 15 is 0 Å². The molecule has 0 spiro atoms. The number of piperazine rings is 1. The van der Waals surface area contributed by atoms with E-state index in [-0.39, 0.29) is 5.91 Å². The summed E-state index contributed by atoms with van der Waals surface area (Å²) >= 11 is 0. The molecule has 1 saturated heterocycles. The van der Waals surface area contributed by atoms with Crippen molar-refractivity contribution in [3.8, 4) is 0 Å². The van der Waals surface area contributed by atoms with Gasteiger partial charge in [-0.25, -0.2) is 8.42 Å². The SMILES string of the molecule is CC(C)COCCC(=O)N1CCN(S(=O)(=O)/C=C/c2ccccc2)CC1. The molecule has 1 aromatic carbocycles. The summed E-state index contributed by atoms with van der Waals surface area (Å²) in [5.74, 6) is 0.466. The first-order valence-corrected chi connectivity index (χ1v) is 10.5. The summed E-state index contributed by atoms with van der Waals surface area (Å²) in [4.78, 5) is 13.9. The molecule has 1 amide bonds. The Balaban J connectivity index is 1.79. The summed E-state index contributed by atoms with van der Waals surface area (Å²) in [6.07, 6.45) is 1.94. The van der Waals surface area contributed by atoms with E-state index in [0.717, 1.165) is 5.56 Å². The van der Waals surface area contributed by atoms with Gasteiger partial charge in [-0.15, -0.1) is 0 Å². The smallest absolute Gasteiger partial charge is 0.236 e. The highest BCUT2D eigenvalue weighted by Crippen LogP contribution is 2.12. The molecule has 26 heavy (non-hydrogen) atoms. The molecule has 144 valence electrons. The molecule has 0 aliphatic carbocycles. The summed E-state index contributed by atoms with van der Waals surface area (Å²) in [6, 6.07) is 9.31. The van der Waals surface area contributed by atoms with E-state index in [4.69, 9.17) is 4.74 Å². The summed E-state index contributed by atoms with van der Waals surface area (Å²) < 4.78 is 31.7. The summed E-state index contributed by atoms with van der Waals surface area (Å²) in [5.41, 5.74) is 0.839. The van der Waals surface area contributed by atoms with Crippen molar-refractivity contribution in [2.24, 2.45) is 5.92 Å². The molecule has 1 fully saturated rings. The molecule has 1 aliphatic heterocycles. The van der Waals surface area contributed by atoms with Crippen LogP contribution < -0.4 is 0 Å². The first kappa shape index (κ1) is 20.6. The van der Waals surface area contributed by atoms with Crippen LogP contribution in [0, 0.1) is 5.92 Å². The normalized spacial score (nSPS) is 16.5. The van der Waals surface area contributed by atoms with Crippen molar-refractivity contribution in [3.63, 3.8) is 0 Å². The van der Waals surface area contributed by atoms with E-state index in [9.17, 15) is 13.2 Å². The molecule has 0 radical (unpaired) electrons. The fourth-order valence-corrected chi connectivity index (χ4v) is 3.82. The quantitative estimate of drug-likeness (QED) is 0.649. The third-order valence-electron chi connectivity index (χ3n) is 4.09. The lowest BCUT2D eigenvalue weighted by molar-refractivity contribution is -0.133. The lowest BCUT2D eigenvalue weighted by Crippen LogP contribution is -2.50. The fourth-order valence-electron chi connectivity index (χ4n) is 2.64. The van der Waals surface area contributed by atoms with Gasteiger partial charge in [0.15, 0.2) is 0 Å². The molecular weight excluding hydrogens is 352 g/mol. The molecule has 6 nitrogen and oxygen atoms in total. The molecular formula is C19H28N2O4S. The van der Waals surface area contributed by atoms with Gasteiger partial charge in [-0.3, -0.25) is 4.79 Å². The van der Waals surface area contributed by atoms with Crippen LogP contribution in [0.25, 0.3) is 6.08 Å². The minimum atomic E-state index is -3.47. The zero-order valence-electron chi connectivity index (χ0n) is 15.5. The molecule has 0 saturated carbocycles. The average Bonchev–Trinajstić information content (AvgIpc) is 2.64. The van der Waals surface area contributed by atoms with Gasteiger partial charge in [-0.2, -0.15) is 4.31 Å². The van der Waals surface area contributed by atoms with Crippen LogP contribution in [-0.2, 0) is 19.6 Å². The van der Waals surface area contributed by atoms with Crippen LogP contribution in [-0.4, -0.2) is 62.9 Å². The summed E-state index contributed by atoms with van der Waals surface area (Å²) in [5, 5.41) is 1.24. The Kier molecular flexibility index (Phi) is 7.81. The highest BCUT2D eigenvalue weighted by Gasteiger charge is 2.27. The second-order valence-electron chi connectivity index (χ2n) is 6.76. The predicted octanol–water partition coefficient (Wildman–Crippen LogP) is 2.19. The van der Waals surface area contributed by atoms with Gasteiger partial charge in [-0.05, 0) is 17.6 Å². The molecule has 0 aromatic heterocycles. The molecule has 7 heteroatoms. The van der Waals surface area contributed by atoms with E-state index in [1.165, 1.54) is 9.71 Å². The largest absolute Gasteiger partial charge is 0.381 e. The Hall–Kier alpha value is -1.70. The number of carbonyl (C=O) groups excluding carboxylic acids is 1. The van der Waals surface area contributed by atoms with Gasteiger partial charge < -0.3 is 9.64 Å². The Labute approximate surface area is 156 Å². The van der Waals surface area contributed by atoms with Crippen LogP contribution in [0.2, 0.25) is 0 Å². The van der Waals surface area contributed by atoms with E-state index in [1.54, 1.807) is 11.0 Å².